The fraction of sp³-hybridized carbons (Fsp3) is 0.385. The van der Waals surface area contributed by atoms with Crippen LogP contribution < -0.4 is 5.43 Å². The van der Waals surface area contributed by atoms with Gasteiger partial charge in [0.15, 0.2) is 0 Å². The number of carbonyl (C=O) groups is 1. The second-order valence-electron chi connectivity index (χ2n) is 3.90. The molecule has 0 atom stereocenters. The van der Waals surface area contributed by atoms with Gasteiger partial charge in [-0.05, 0) is 38.0 Å². The zero-order valence-corrected chi connectivity index (χ0v) is 10.9. The predicted octanol–water partition coefficient (Wildman–Crippen LogP) is 3.64. The SMILES string of the molecule is CCCC/C(C)=N\NC(=O)c1cccc(Cl)c1. The third-order valence-electron chi connectivity index (χ3n) is 2.33. The van der Waals surface area contributed by atoms with E-state index in [1.165, 1.54) is 0 Å². The molecule has 0 radical (unpaired) electrons. The smallest absolute Gasteiger partial charge is 0.267 e. The van der Waals surface area contributed by atoms with Crippen LogP contribution in [0.1, 0.15) is 43.5 Å². The van der Waals surface area contributed by atoms with E-state index >= 15 is 0 Å². The molecule has 4 heteroatoms. The number of nitrogens with one attached hydrogen (secondary N) is 1. The molecule has 1 aromatic rings. The van der Waals surface area contributed by atoms with Crippen molar-refractivity contribution in [3.8, 4) is 0 Å². The van der Waals surface area contributed by atoms with Gasteiger partial charge in [0.05, 0.1) is 0 Å². The Kier molecular flexibility index (Phi) is 5.70. The molecule has 0 aliphatic rings. The van der Waals surface area contributed by atoms with Gasteiger partial charge in [0, 0.05) is 16.3 Å². The van der Waals surface area contributed by atoms with Gasteiger partial charge < -0.3 is 0 Å². The van der Waals surface area contributed by atoms with Crippen LogP contribution in [0.25, 0.3) is 0 Å². The number of carbonyl (C=O) groups excluding carboxylic acids is 1. The summed E-state index contributed by atoms with van der Waals surface area (Å²) in [6, 6.07) is 6.80. The van der Waals surface area contributed by atoms with E-state index in [0.29, 0.717) is 10.6 Å². The fourth-order valence-electron chi connectivity index (χ4n) is 1.33. The van der Waals surface area contributed by atoms with Gasteiger partial charge >= 0.3 is 0 Å². The molecular weight excluding hydrogens is 236 g/mol. The first kappa shape index (κ1) is 13.7. The molecule has 0 bridgehead atoms. The topological polar surface area (TPSA) is 41.5 Å². The lowest BCUT2D eigenvalue weighted by atomic mass is 10.2. The average molecular weight is 253 g/mol. The normalized spacial score (nSPS) is 11.4. The van der Waals surface area contributed by atoms with E-state index in [1.807, 2.05) is 6.92 Å². The van der Waals surface area contributed by atoms with Crippen LogP contribution in [-0.4, -0.2) is 11.6 Å². The molecular formula is C13H17ClN2O. The summed E-state index contributed by atoms with van der Waals surface area (Å²) in [6.45, 7) is 4.03. The summed E-state index contributed by atoms with van der Waals surface area (Å²) in [5.74, 6) is -0.233. The van der Waals surface area contributed by atoms with Gasteiger partial charge in [0.1, 0.15) is 0 Å². The van der Waals surface area contributed by atoms with Gasteiger partial charge in [-0.15, -0.1) is 0 Å². The average Bonchev–Trinajstić information content (AvgIpc) is 2.33. The molecule has 1 aromatic carbocycles. The molecule has 1 rings (SSSR count). The second-order valence-corrected chi connectivity index (χ2v) is 4.34. The molecule has 0 spiro atoms. The van der Waals surface area contributed by atoms with E-state index in [0.717, 1.165) is 25.0 Å². The fourth-order valence-corrected chi connectivity index (χ4v) is 1.52. The van der Waals surface area contributed by atoms with Crippen LogP contribution in [0.15, 0.2) is 29.4 Å². The zero-order valence-electron chi connectivity index (χ0n) is 10.2. The Bertz CT molecular complexity index is 416. The number of amides is 1. The summed E-state index contributed by atoms with van der Waals surface area (Å²) in [5.41, 5.74) is 3.98. The minimum Gasteiger partial charge on any atom is -0.267 e. The highest BCUT2D eigenvalue weighted by molar-refractivity contribution is 6.30. The Balaban J connectivity index is 2.55. The van der Waals surface area contributed by atoms with Crippen molar-refractivity contribution in [1.82, 2.24) is 5.43 Å². The molecule has 1 N–H and O–H groups in total. The van der Waals surface area contributed by atoms with E-state index in [4.69, 9.17) is 11.6 Å². The summed E-state index contributed by atoms with van der Waals surface area (Å²) in [6.07, 6.45) is 3.11. The Morgan fingerprint density at radius 2 is 2.24 bits per heavy atom. The van der Waals surface area contributed by atoms with E-state index in [9.17, 15) is 4.79 Å². The summed E-state index contributed by atoms with van der Waals surface area (Å²) in [4.78, 5) is 11.7. The van der Waals surface area contributed by atoms with Crippen LogP contribution in [0, 0.1) is 0 Å². The van der Waals surface area contributed by atoms with Gasteiger partial charge in [-0.25, -0.2) is 5.43 Å². The molecule has 17 heavy (non-hydrogen) atoms. The van der Waals surface area contributed by atoms with Crippen LogP contribution >= 0.6 is 11.6 Å². The van der Waals surface area contributed by atoms with Crippen LogP contribution in [0.3, 0.4) is 0 Å². The maximum absolute atomic E-state index is 11.7. The lowest BCUT2D eigenvalue weighted by Gasteiger charge is -2.02. The van der Waals surface area contributed by atoms with E-state index in [2.05, 4.69) is 17.5 Å². The zero-order chi connectivity index (χ0) is 12.7. The van der Waals surface area contributed by atoms with Crippen LogP contribution in [0.5, 0.6) is 0 Å². The highest BCUT2D eigenvalue weighted by Gasteiger charge is 2.04. The number of benzene rings is 1. The van der Waals surface area contributed by atoms with Crippen LogP contribution in [0.4, 0.5) is 0 Å². The number of hydrogen-bond donors (Lipinski definition) is 1. The first-order valence-corrected chi connectivity index (χ1v) is 6.10. The quantitative estimate of drug-likeness (QED) is 0.631. The van der Waals surface area contributed by atoms with E-state index < -0.39 is 0 Å². The third-order valence-corrected chi connectivity index (χ3v) is 2.56. The number of halogens is 1. The Morgan fingerprint density at radius 3 is 2.88 bits per heavy atom. The molecule has 0 aliphatic carbocycles. The molecule has 0 aliphatic heterocycles. The minimum atomic E-state index is -0.233. The Hall–Kier alpha value is -1.35. The maximum atomic E-state index is 11.7. The first-order chi connectivity index (χ1) is 8.13. The van der Waals surface area contributed by atoms with Crippen molar-refractivity contribution in [1.29, 1.82) is 0 Å². The van der Waals surface area contributed by atoms with Gasteiger partial charge in [-0.3, -0.25) is 4.79 Å². The van der Waals surface area contributed by atoms with Crippen LogP contribution in [0.2, 0.25) is 5.02 Å². The van der Waals surface area contributed by atoms with Crippen molar-refractivity contribution in [2.24, 2.45) is 5.10 Å². The van der Waals surface area contributed by atoms with Gasteiger partial charge in [-0.1, -0.05) is 31.0 Å². The third kappa shape index (κ3) is 5.00. The first-order valence-electron chi connectivity index (χ1n) is 5.72. The van der Waals surface area contributed by atoms with E-state index in [1.54, 1.807) is 24.3 Å². The molecule has 0 aromatic heterocycles. The van der Waals surface area contributed by atoms with Crippen molar-refractivity contribution < 1.29 is 4.79 Å². The van der Waals surface area contributed by atoms with Crippen molar-refractivity contribution >= 4 is 23.2 Å². The van der Waals surface area contributed by atoms with Crippen LogP contribution in [-0.2, 0) is 0 Å². The standard InChI is InChI=1S/C13H17ClN2O/c1-3-4-6-10(2)15-16-13(17)11-7-5-8-12(14)9-11/h5,7-9H,3-4,6H2,1-2H3,(H,16,17)/b15-10-. The van der Waals surface area contributed by atoms with Crippen molar-refractivity contribution in [3.05, 3.63) is 34.9 Å². The van der Waals surface area contributed by atoms with Gasteiger partial charge in [-0.2, -0.15) is 5.10 Å². The van der Waals surface area contributed by atoms with Crippen molar-refractivity contribution in [2.45, 2.75) is 33.1 Å². The van der Waals surface area contributed by atoms with Gasteiger partial charge in [0.2, 0.25) is 0 Å². The monoisotopic (exact) mass is 252 g/mol. The molecule has 1 amide bonds. The number of rotatable bonds is 5. The molecule has 0 fully saturated rings. The Morgan fingerprint density at radius 1 is 1.47 bits per heavy atom. The number of hydrazone groups is 1. The highest BCUT2D eigenvalue weighted by Crippen LogP contribution is 2.10. The summed E-state index contributed by atoms with van der Waals surface area (Å²) < 4.78 is 0. The number of unbranched alkanes of at least 4 members (excludes halogenated alkanes) is 1. The predicted molar refractivity (Wildman–Crippen MR) is 71.6 cm³/mol. The second kappa shape index (κ2) is 7.07. The number of nitrogens with zero attached hydrogens (tertiary/aromatic N) is 1. The molecule has 0 heterocycles. The van der Waals surface area contributed by atoms with Crippen molar-refractivity contribution in [2.75, 3.05) is 0 Å². The molecule has 0 saturated heterocycles. The molecule has 92 valence electrons. The minimum absolute atomic E-state index is 0.233. The molecule has 0 saturated carbocycles. The summed E-state index contributed by atoms with van der Waals surface area (Å²) in [5, 5.41) is 4.59. The molecule has 3 nitrogen and oxygen atoms in total. The summed E-state index contributed by atoms with van der Waals surface area (Å²) >= 11 is 5.80. The largest absolute Gasteiger partial charge is 0.271 e. The maximum Gasteiger partial charge on any atom is 0.271 e. The number of hydrogen-bond acceptors (Lipinski definition) is 2. The molecule has 0 unspecified atom stereocenters. The van der Waals surface area contributed by atoms with Gasteiger partial charge in [0.25, 0.3) is 5.91 Å². The Labute approximate surface area is 107 Å². The lowest BCUT2D eigenvalue weighted by molar-refractivity contribution is 0.0954. The lowest BCUT2D eigenvalue weighted by Crippen LogP contribution is -2.18. The van der Waals surface area contributed by atoms with E-state index in [-0.39, 0.29) is 5.91 Å². The van der Waals surface area contributed by atoms with Crippen molar-refractivity contribution in [3.63, 3.8) is 0 Å². The summed E-state index contributed by atoms with van der Waals surface area (Å²) in [7, 11) is 0. The highest BCUT2D eigenvalue weighted by atomic mass is 35.5.